The first kappa shape index (κ1) is 11.8. The monoisotopic (exact) mass is 256 g/mol. The number of hydrogen-bond donors (Lipinski definition) is 1. The number of aromatic nitrogens is 4. The molecule has 0 saturated heterocycles. The first-order valence-electron chi connectivity index (χ1n) is 6.10. The van der Waals surface area contributed by atoms with Crippen LogP contribution in [0.1, 0.15) is 25.5 Å². The molecule has 0 fully saturated rings. The lowest BCUT2D eigenvalue weighted by atomic mass is 10.1. The number of hydrogen-bond acceptors (Lipinski definition) is 3. The van der Waals surface area contributed by atoms with Gasteiger partial charge in [0.05, 0.1) is 22.3 Å². The zero-order chi connectivity index (χ0) is 13.4. The summed E-state index contributed by atoms with van der Waals surface area (Å²) in [5, 5.41) is 0. The fraction of sp³-hybridized carbons (Fsp3) is 0.214. The van der Waals surface area contributed by atoms with Gasteiger partial charge in [0.2, 0.25) is 0 Å². The van der Waals surface area contributed by atoms with E-state index in [1.165, 1.54) is 18.5 Å². The summed E-state index contributed by atoms with van der Waals surface area (Å²) in [5.74, 6) is 0.656. The number of nitrogens with one attached hydrogen (secondary N) is 1. The van der Waals surface area contributed by atoms with Crippen LogP contribution in [0, 0.1) is 5.82 Å². The van der Waals surface area contributed by atoms with Gasteiger partial charge in [0.25, 0.3) is 0 Å². The zero-order valence-electron chi connectivity index (χ0n) is 10.7. The number of rotatable bonds is 2. The van der Waals surface area contributed by atoms with Crippen molar-refractivity contribution in [2.45, 2.75) is 19.8 Å². The van der Waals surface area contributed by atoms with Crippen LogP contribution in [0.2, 0.25) is 0 Å². The summed E-state index contributed by atoms with van der Waals surface area (Å²) in [7, 11) is 0. The van der Waals surface area contributed by atoms with Crippen molar-refractivity contribution in [1.82, 2.24) is 19.9 Å². The average molecular weight is 256 g/mol. The van der Waals surface area contributed by atoms with Crippen LogP contribution in [-0.2, 0) is 0 Å². The van der Waals surface area contributed by atoms with Crippen LogP contribution in [0.3, 0.4) is 0 Å². The third-order valence-electron chi connectivity index (χ3n) is 2.99. The molecule has 0 saturated carbocycles. The molecule has 2 aromatic heterocycles. The normalized spacial score (nSPS) is 11.4. The molecule has 1 aromatic carbocycles. The number of halogens is 1. The first-order valence-corrected chi connectivity index (χ1v) is 6.10. The van der Waals surface area contributed by atoms with Gasteiger partial charge >= 0.3 is 0 Å². The molecule has 0 amide bonds. The van der Waals surface area contributed by atoms with Gasteiger partial charge < -0.3 is 4.98 Å². The molecule has 0 atom stereocenters. The Kier molecular flexibility index (Phi) is 2.74. The van der Waals surface area contributed by atoms with Gasteiger partial charge in [-0.05, 0) is 24.1 Å². The minimum Gasteiger partial charge on any atom is -0.338 e. The van der Waals surface area contributed by atoms with E-state index in [2.05, 4.69) is 33.8 Å². The van der Waals surface area contributed by atoms with E-state index in [9.17, 15) is 4.39 Å². The second-order valence-corrected chi connectivity index (χ2v) is 4.72. The molecule has 0 aliphatic rings. The van der Waals surface area contributed by atoms with Crippen LogP contribution in [0.4, 0.5) is 4.39 Å². The molecule has 4 nitrogen and oxygen atoms in total. The Bertz CT molecular complexity index is 733. The lowest BCUT2D eigenvalue weighted by Crippen LogP contribution is -1.98. The van der Waals surface area contributed by atoms with Crippen LogP contribution in [0.15, 0.2) is 30.7 Å². The molecule has 96 valence electrons. The van der Waals surface area contributed by atoms with Gasteiger partial charge in [-0.25, -0.2) is 19.3 Å². The van der Waals surface area contributed by atoms with Gasteiger partial charge in [-0.15, -0.1) is 0 Å². The summed E-state index contributed by atoms with van der Waals surface area (Å²) in [6.45, 7) is 4.13. The van der Waals surface area contributed by atoms with Crippen molar-refractivity contribution >= 4 is 11.0 Å². The smallest absolute Gasteiger partial charge is 0.141 e. The molecule has 1 N–H and O–H groups in total. The Morgan fingerprint density at radius 3 is 2.89 bits per heavy atom. The molecule has 0 spiro atoms. The number of benzene rings is 1. The molecular formula is C14H13FN4. The van der Waals surface area contributed by atoms with E-state index in [4.69, 9.17) is 0 Å². The molecule has 2 heterocycles. The van der Waals surface area contributed by atoms with Crippen LogP contribution in [0.25, 0.3) is 22.4 Å². The molecule has 5 heteroatoms. The first-order chi connectivity index (χ1) is 9.15. The predicted octanol–water partition coefficient (Wildman–Crippen LogP) is 3.28. The lowest BCUT2D eigenvalue weighted by molar-refractivity contribution is 0.629. The van der Waals surface area contributed by atoms with Crippen LogP contribution >= 0.6 is 0 Å². The summed E-state index contributed by atoms with van der Waals surface area (Å²) >= 11 is 0. The predicted molar refractivity (Wildman–Crippen MR) is 71.2 cm³/mol. The maximum Gasteiger partial charge on any atom is 0.141 e. The second kappa shape index (κ2) is 4.42. The Morgan fingerprint density at radius 2 is 2.11 bits per heavy atom. The number of aromatic amines is 1. The molecule has 0 aliphatic heterocycles. The number of fused-ring (bicyclic) bond motifs is 1. The van der Waals surface area contributed by atoms with E-state index in [0.29, 0.717) is 11.3 Å². The molecule has 3 rings (SSSR count). The van der Waals surface area contributed by atoms with Crippen molar-refractivity contribution in [2.24, 2.45) is 0 Å². The summed E-state index contributed by atoms with van der Waals surface area (Å²) in [6, 6.07) is 4.49. The van der Waals surface area contributed by atoms with Gasteiger partial charge in [0.1, 0.15) is 18.0 Å². The molecule has 0 aliphatic carbocycles. The van der Waals surface area contributed by atoms with Crippen molar-refractivity contribution in [3.8, 4) is 11.4 Å². The molecule has 19 heavy (non-hydrogen) atoms. The van der Waals surface area contributed by atoms with Gasteiger partial charge in [0, 0.05) is 6.20 Å². The van der Waals surface area contributed by atoms with E-state index >= 15 is 0 Å². The summed E-state index contributed by atoms with van der Waals surface area (Å²) in [4.78, 5) is 15.9. The summed E-state index contributed by atoms with van der Waals surface area (Å²) < 4.78 is 13.2. The van der Waals surface area contributed by atoms with Gasteiger partial charge in [0.15, 0.2) is 0 Å². The van der Waals surface area contributed by atoms with E-state index < -0.39 is 0 Å². The maximum atomic E-state index is 13.2. The van der Waals surface area contributed by atoms with Crippen molar-refractivity contribution in [3.63, 3.8) is 0 Å². The van der Waals surface area contributed by atoms with Crippen molar-refractivity contribution in [3.05, 3.63) is 42.2 Å². The Hall–Kier alpha value is -2.30. The fourth-order valence-electron chi connectivity index (χ4n) is 2.09. The van der Waals surface area contributed by atoms with Crippen molar-refractivity contribution in [1.29, 1.82) is 0 Å². The van der Waals surface area contributed by atoms with E-state index in [-0.39, 0.29) is 11.7 Å². The summed E-state index contributed by atoms with van der Waals surface area (Å²) in [6.07, 6.45) is 3.26. The van der Waals surface area contributed by atoms with Gasteiger partial charge in [-0.2, -0.15) is 0 Å². The SMILES string of the molecule is CC(C)c1ncncc1-c1nc2ccc(F)cc2[nH]1. The minimum absolute atomic E-state index is 0.267. The number of imidazole rings is 1. The highest BCUT2D eigenvalue weighted by atomic mass is 19.1. The van der Waals surface area contributed by atoms with Gasteiger partial charge in [-0.3, -0.25) is 0 Å². The zero-order valence-corrected chi connectivity index (χ0v) is 10.7. The number of nitrogens with zero attached hydrogens (tertiary/aromatic N) is 3. The third kappa shape index (κ3) is 2.07. The van der Waals surface area contributed by atoms with E-state index in [0.717, 1.165) is 16.8 Å². The molecule has 0 bridgehead atoms. The topological polar surface area (TPSA) is 54.5 Å². The standard InChI is InChI=1S/C14H13FN4/c1-8(2)13-10(6-16-7-17-13)14-18-11-4-3-9(15)5-12(11)19-14/h3-8H,1-2H3,(H,18,19). The van der Waals surface area contributed by atoms with E-state index in [1.807, 2.05) is 0 Å². The molecular weight excluding hydrogens is 243 g/mol. The highest BCUT2D eigenvalue weighted by Crippen LogP contribution is 2.26. The van der Waals surface area contributed by atoms with Crippen LogP contribution in [-0.4, -0.2) is 19.9 Å². The Morgan fingerprint density at radius 1 is 1.26 bits per heavy atom. The van der Waals surface area contributed by atoms with Crippen LogP contribution < -0.4 is 0 Å². The fourth-order valence-corrected chi connectivity index (χ4v) is 2.09. The van der Waals surface area contributed by atoms with Crippen molar-refractivity contribution in [2.75, 3.05) is 0 Å². The Labute approximate surface area is 109 Å². The highest BCUT2D eigenvalue weighted by Gasteiger charge is 2.13. The van der Waals surface area contributed by atoms with E-state index in [1.54, 1.807) is 12.3 Å². The third-order valence-corrected chi connectivity index (χ3v) is 2.99. The molecule has 0 unspecified atom stereocenters. The number of H-pyrrole nitrogens is 1. The van der Waals surface area contributed by atoms with Crippen LogP contribution in [0.5, 0.6) is 0 Å². The molecule has 3 aromatic rings. The maximum absolute atomic E-state index is 13.2. The van der Waals surface area contributed by atoms with Crippen molar-refractivity contribution < 1.29 is 4.39 Å². The second-order valence-electron chi connectivity index (χ2n) is 4.72. The quantitative estimate of drug-likeness (QED) is 0.765. The minimum atomic E-state index is -0.281. The average Bonchev–Trinajstić information content (AvgIpc) is 2.81. The largest absolute Gasteiger partial charge is 0.338 e. The summed E-state index contributed by atoms with van der Waals surface area (Å²) in [5.41, 5.74) is 3.19. The Balaban J connectivity index is 2.19. The molecule has 0 radical (unpaired) electrons. The highest BCUT2D eigenvalue weighted by molar-refractivity contribution is 5.79. The van der Waals surface area contributed by atoms with Gasteiger partial charge in [-0.1, -0.05) is 13.8 Å². The lowest BCUT2D eigenvalue weighted by Gasteiger charge is -2.07.